The summed E-state index contributed by atoms with van der Waals surface area (Å²) in [5.41, 5.74) is 7.45. The van der Waals surface area contributed by atoms with Gasteiger partial charge < -0.3 is 15.8 Å². The molecule has 8 heteroatoms. The van der Waals surface area contributed by atoms with Crippen LogP contribution in [0.15, 0.2) is 30.3 Å². The summed E-state index contributed by atoms with van der Waals surface area (Å²) in [6.45, 7) is 0.736. The summed E-state index contributed by atoms with van der Waals surface area (Å²) < 4.78 is 1.77. The molecule has 1 aromatic heterocycles. The Kier molecular flexibility index (Phi) is 7.18. The van der Waals surface area contributed by atoms with E-state index in [1.807, 2.05) is 18.2 Å². The van der Waals surface area contributed by atoms with Crippen molar-refractivity contribution in [2.24, 2.45) is 5.73 Å². The number of nitrogens with two attached hydrogens (primary N) is 1. The van der Waals surface area contributed by atoms with E-state index in [1.54, 1.807) is 4.68 Å². The molecule has 2 rings (SSSR count). The average Bonchev–Trinajstić information content (AvgIpc) is 3.01. The molecule has 0 amide bonds. The molecule has 7 nitrogen and oxygen atoms in total. The van der Waals surface area contributed by atoms with Crippen LogP contribution in [0.3, 0.4) is 0 Å². The lowest BCUT2D eigenvalue weighted by Gasteiger charge is -2.11. The van der Waals surface area contributed by atoms with Crippen LogP contribution in [0.4, 0.5) is 0 Å². The smallest absolute Gasteiger partial charge is 0.427 e. The Balaban J connectivity index is 1.77. The fourth-order valence-electron chi connectivity index (χ4n) is 2.53. The van der Waals surface area contributed by atoms with Crippen LogP contribution in [0.2, 0.25) is 6.32 Å². The van der Waals surface area contributed by atoms with Crippen LogP contribution in [0.1, 0.15) is 43.1 Å². The maximum absolute atomic E-state index is 8.82. The second-order valence-corrected chi connectivity index (χ2v) is 5.72. The quantitative estimate of drug-likeness (QED) is 0.444. The van der Waals surface area contributed by atoms with Crippen molar-refractivity contribution < 1.29 is 10.0 Å². The molecule has 0 aliphatic rings. The minimum Gasteiger partial charge on any atom is -0.427 e. The summed E-state index contributed by atoms with van der Waals surface area (Å²) in [5, 5.41) is 29.4. The number of aromatic nitrogens is 4. The topological polar surface area (TPSA) is 110 Å². The van der Waals surface area contributed by atoms with Gasteiger partial charge >= 0.3 is 7.12 Å². The predicted octanol–water partition coefficient (Wildman–Crippen LogP) is 0.949. The van der Waals surface area contributed by atoms with Gasteiger partial charge in [0, 0.05) is 6.54 Å². The number of tetrazole rings is 1. The van der Waals surface area contributed by atoms with Gasteiger partial charge in [0.2, 0.25) is 0 Å². The van der Waals surface area contributed by atoms with Crippen molar-refractivity contribution in [1.29, 1.82) is 0 Å². The molecule has 1 unspecified atom stereocenters. The van der Waals surface area contributed by atoms with E-state index >= 15 is 0 Å². The van der Waals surface area contributed by atoms with Crippen LogP contribution < -0.4 is 5.73 Å². The number of hydrogen-bond donors (Lipinski definition) is 3. The highest BCUT2D eigenvalue weighted by Crippen LogP contribution is 2.15. The van der Waals surface area contributed by atoms with Crippen LogP contribution in [0.5, 0.6) is 0 Å². The number of nitrogens with zero attached hydrogens (tertiary/aromatic N) is 4. The van der Waals surface area contributed by atoms with E-state index in [1.165, 1.54) is 5.56 Å². The van der Waals surface area contributed by atoms with Crippen LogP contribution in [0, 0.1) is 0 Å². The number of benzene rings is 1. The standard InChI is InChI=1S/C15H24BN5O2/c17-14(10-4-5-11-16(22)23)15-18-19-20-21(15)12-6-9-13-7-2-1-3-8-13/h1-3,7-8,14,22-23H,4-6,9-12,17H2. The molecule has 124 valence electrons. The van der Waals surface area contributed by atoms with Crippen molar-refractivity contribution in [2.45, 2.75) is 51.0 Å². The molecule has 1 heterocycles. The van der Waals surface area contributed by atoms with E-state index < -0.39 is 7.12 Å². The van der Waals surface area contributed by atoms with Gasteiger partial charge in [0.05, 0.1) is 6.04 Å². The second-order valence-electron chi connectivity index (χ2n) is 5.72. The van der Waals surface area contributed by atoms with Gasteiger partial charge in [-0.3, -0.25) is 0 Å². The molecule has 0 saturated carbocycles. The molecule has 23 heavy (non-hydrogen) atoms. The van der Waals surface area contributed by atoms with Gasteiger partial charge in [0.25, 0.3) is 0 Å². The Labute approximate surface area is 136 Å². The van der Waals surface area contributed by atoms with Crippen LogP contribution in [-0.4, -0.2) is 37.4 Å². The van der Waals surface area contributed by atoms with E-state index in [-0.39, 0.29) is 6.04 Å². The first-order valence-corrected chi connectivity index (χ1v) is 8.08. The first-order valence-electron chi connectivity index (χ1n) is 8.08. The van der Waals surface area contributed by atoms with E-state index in [0.29, 0.717) is 12.1 Å². The molecule has 0 bridgehead atoms. The van der Waals surface area contributed by atoms with Gasteiger partial charge in [-0.2, -0.15) is 0 Å². The highest BCUT2D eigenvalue weighted by Gasteiger charge is 2.15. The van der Waals surface area contributed by atoms with Gasteiger partial charge in [-0.1, -0.05) is 43.2 Å². The molecule has 4 N–H and O–H groups in total. The van der Waals surface area contributed by atoms with Crippen LogP contribution in [0.25, 0.3) is 0 Å². The minimum absolute atomic E-state index is 0.224. The Morgan fingerprint density at radius 1 is 1.13 bits per heavy atom. The normalized spacial score (nSPS) is 12.3. The maximum atomic E-state index is 8.82. The third-order valence-corrected chi connectivity index (χ3v) is 3.80. The third-order valence-electron chi connectivity index (χ3n) is 3.80. The van der Waals surface area contributed by atoms with E-state index in [2.05, 4.69) is 27.7 Å². The first-order chi connectivity index (χ1) is 11.2. The largest absolute Gasteiger partial charge is 0.451 e. The molecule has 0 aliphatic carbocycles. The monoisotopic (exact) mass is 317 g/mol. The highest BCUT2D eigenvalue weighted by atomic mass is 16.4. The van der Waals surface area contributed by atoms with Gasteiger partial charge in [-0.25, -0.2) is 4.68 Å². The third kappa shape index (κ3) is 6.09. The molecule has 0 aliphatic heterocycles. The molecule has 0 saturated heterocycles. The summed E-state index contributed by atoms with van der Waals surface area (Å²) >= 11 is 0. The molecule has 1 aromatic carbocycles. The molecule has 0 radical (unpaired) electrons. The van der Waals surface area contributed by atoms with Gasteiger partial charge in [-0.05, 0) is 41.6 Å². The Morgan fingerprint density at radius 2 is 1.91 bits per heavy atom. The Hall–Kier alpha value is -1.77. The Morgan fingerprint density at radius 3 is 2.65 bits per heavy atom. The molecular formula is C15H24BN5O2. The van der Waals surface area contributed by atoms with E-state index in [0.717, 1.165) is 38.6 Å². The lowest BCUT2D eigenvalue weighted by molar-refractivity contribution is 0.400. The lowest BCUT2D eigenvalue weighted by Crippen LogP contribution is -2.18. The fraction of sp³-hybridized carbons (Fsp3) is 0.533. The van der Waals surface area contributed by atoms with Gasteiger partial charge in [0.1, 0.15) is 0 Å². The van der Waals surface area contributed by atoms with Crippen molar-refractivity contribution in [2.75, 3.05) is 0 Å². The molecule has 2 aromatic rings. The molecule has 0 spiro atoms. The maximum Gasteiger partial charge on any atom is 0.451 e. The molecule has 1 atom stereocenters. The zero-order chi connectivity index (χ0) is 16.5. The van der Waals surface area contributed by atoms with Crippen molar-refractivity contribution in [3.05, 3.63) is 41.7 Å². The summed E-state index contributed by atoms with van der Waals surface area (Å²) in [5.74, 6) is 0.697. The number of hydrogen-bond acceptors (Lipinski definition) is 6. The second kappa shape index (κ2) is 9.39. The van der Waals surface area contributed by atoms with Gasteiger partial charge in [-0.15, -0.1) is 5.10 Å². The summed E-state index contributed by atoms with van der Waals surface area (Å²) in [7, 11) is -1.24. The fourth-order valence-corrected chi connectivity index (χ4v) is 2.53. The van der Waals surface area contributed by atoms with Crippen LogP contribution in [-0.2, 0) is 13.0 Å². The predicted molar refractivity (Wildman–Crippen MR) is 88.4 cm³/mol. The number of aryl methyl sites for hydroxylation is 2. The van der Waals surface area contributed by atoms with Crippen molar-refractivity contribution in [1.82, 2.24) is 20.2 Å². The molecule has 0 fully saturated rings. The molecular weight excluding hydrogens is 293 g/mol. The average molecular weight is 317 g/mol. The number of unbranched alkanes of at least 4 members (excludes halogenated alkanes) is 1. The van der Waals surface area contributed by atoms with Crippen molar-refractivity contribution in [3.8, 4) is 0 Å². The minimum atomic E-state index is -1.24. The SMILES string of the molecule is NC(CCCCB(O)O)c1nnnn1CCCc1ccccc1. The van der Waals surface area contributed by atoms with Crippen LogP contribution >= 0.6 is 0 Å². The lowest BCUT2D eigenvalue weighted by atomic mass is 9.83. The Bertz CT molecular complexity index is 564. The summed E-state index contributed by atoms with van der Waals surface area (Å²) in [6.07, 6.45) is 4.56. The zero-order valence-electron chi connectivity index (χ0n) is 13.3. The van der Waals surface area contributed by atoms with E-state index in [9.17, 15) is 0 Å². The van der Waals surface area contributed by atoms with Gasteiger partial charge in [0.15, 0.2) is 5.82 Å². The summed E-state index contributed by atoms with van der Waals surface area (Å²) in [6, 6.07) is 10.1. The zero-order valence-corrected chi connectivity index (χ0v) is 13.3. The number of rotatable bonds is 10. The first kappa shape index (κ1) is 17.6. The van der Waals surface area contributed by atoms with Crippen molar-refractivity contribution in [3.63, 3.8) is 0 Å². The summed E-state index contributed by atoms with van der Waals surface area (Å²) in [4.78, 5) is 0. The highest BCUT2D eigenvalue weighted by molar-refractivity contribution is 6.40. The van der Waals surface area contributed by atoms with Crippen molar-refractivity contribution >= 4 is 7.12 Å². The van der Waals surface area contributed by atoms with E-state index in [4.69, 9.17) is 15.8 Å².